The van der Waals surface area contributed by atoms with Gasteiger partial charge in [0.15, 0.2) is 0 Å². The summed E-state index contributed by atoms with van der Waals surface area (Å²) in [5.74, 6) is -1.86. The minimum absolute atomic E-state index is 0.00807. The van der Waals surface area contributed by atoms with Gasteiger partial charge in [-0.25, -0.2) is 4.39 Å². The average molecular weight is 271 g/mol. The van der Waals surface area contributed by atoms with Crippen molar-refractivity contribution in [1.82, 2.24) is 0 Å². The van der Waals surface area contributed by atoms with E-state index in [4.69, 9.17) is 5.73 Å². The van der Waals surface area contributed by atoms with E-state index in [1.54, 1.807) is 4.90 Å². The van der Waals surface area contributed by atoms with Gasteiger partial charge in [-0.3, -0.25) is 10.1 Å². The third-order valence-corrected chi connectivity index (χ3v) is 3.50. The van der Waals surface area contributed by atoms with Gasteiger partial charge in [-0.1, -0.05) is 6.92 Å². The molecule has 2 unspecified atom stereocenters. The van der Waals surface area contributed by atoms with Gasteiger partial charge in [0.25, 0.3) is 0 Å². The van der Waals surface area contributed by atoms with Gasteiger partial charge in [0, 0.05) is 31.3 Å². The predicted molar refractivity (Wildman–Crippen MR) is 67.0 cm³/mol. The van der Waals surface area contributed by atoms with Gasteiger partial charge >= 0.3 is 5.69 Å². The lowest BCUT2D eigenvalue weighted by atomic mass is 9.94. The summed E-state index contributed by atoms with van der Waals surface area (Å²) in [5, 5.41) is 10.9. The molecule has 1 aromatic rings. The quantitative estimate of drug-likeness (QED) is 0.660. The summed E-state index contributed by atoms with van der Waals surface area (Å²) in [6.07, 6.45) is 0.635. The van der Waals surface area contributed by atoms with Gasteiger partial charge in [-0.2, -0.15) is 4.39 Å². The van der Waals surface area contributed by atoms with Crippen LogP contribution in [-0.4, -0.2) is 24.1 Å². The van der Waals surface area contributed by atoms with E-state index >= 15 is 0 Å². The van der Waals surface area contributed by atoms with Gasteiger partial charge in [0.1, 0.15) is 11.5 Å². The van der Waals surface area contributed by atoms with Crippen molar-refractivity contribution in [3.63, 3.8) is 0 Å². The van der Waals surface area contributed by atoms with Crippen molar-refractivity contribution in [2.45, 2.75) is 19.4 Å². The number of benzene rings is 1. The minimum Gasteiger partial charge on any atom is -0.365 e. The van der Waals surface area contributed by atoms with Gasteiger partial charge in [-0.05, 0) is 12.3 Å². The number of nitro benzene ring substituents is 1. The number of nitrogens with zero attached hydrogens (tertiary/aromatic N) is 2. The molecule has 5 nitrogen and oxygen atoms in total. The first-order valence-corrected chi connectivity index (χ1v) is 6.04. The maximum absolute atomic E-state index is 13.6. The van der Waals surface area contributed by atoms with Gasteiger partial charge in [0.05, 0.1) is 4.92 Å². The molecule has 0 amide bonds. The number of halogens is 2. The van der Waals surface area contributed by atoms with Crippen molar-refractivity contribution in [1.29, 1.82) is 0 Å². The second kappa shape index (κ2) is 5.08. The second-order valence-electron chi connectivity index (χ2n) is 4.89. The first kappa shape index (κ1) is 13.7. The molecule has 2 atom stereocenters. The Morgan fingerprint density at radius 2 is 2.16 bits per heavy atom. The van der Waals surface area contributed by atoms with Crippen molar-refractivity contribution >= 4 is 11.4 Å². The smallest absolute Gasteiger partial charge is 0.328 e. The molecule has 19 heavy (non-hydrogen) atoms. The molecule has 104 valence electrons. The maximum Gasteiger partial charge on any atom is 0.328 e. The molecule has 2 N–H and O–H groups in total. The molecule has 1 aliphatic rings. The average Bonchev–Trinajstić information content (AvgIpc) is 2.31. The molecule has 0 aromatic heterocycles. The highest BCUT2D eigenvalue weighted by molar-refractivity contribution is 5.64. The molecule has 0 bridgehead atoms. The molecule has 0 spiro atoms. The van der Waals surface area contributed by atoms with Crippen molar-refractivity contribution in [3.05, 3.63) is 33.9 Å². The SMILES string of the molecule is CC1CN(c2cc(F)cc(F)c2[N+](=O)[O-])CCC1N. The highest BCUT2D eigenvalue weighted by atomic mass is 19.1. The minimum atomic E-state index is -1.15. The first-order chi connectivity index (χ1) is 8.90. The zero-order chi connectivity index (χ0) is 14.2. The third-order valence-electron chi connectivity index (χ3n) is 3.50. The Labute approximate surface area is 109 Å². The zero-order valence-corrected chi connectivity index (χ0v) is 10.5. The number of nitrogens with two attached hydrogens (primary N) is 1. The molecular weight excluding hydrogens is 256 g/mol. The molecule has 0 saturated carbocycles. The van der Waals surface area contributed by atoms with Crippen molar-refractivity contribution in [2.24, 2.45) is 11.7 Å². The van der Waals surface area contributed by atoms with Crippen LogP contribution in [0.15, 0.2) is 12.1 Å². The summed E-state index contributed by atoms with van der Waals surface area (Å²) in [7, 11) is 0. The van der Waals surface area contributed by atoms with Crippen LogP contribution >= 0.6 is 0 Å². The fraction of sp³-hybridized carbons (Fsp3) is 0.500. The second-order valence-corrected chi connectivity index (χ2v) is 4.89. The topological polar surface area (TPSA) is 72.4 Å². The van der Waals surface area contributed by atoms with Crippen LogP contribution in [-0.2, 0) is 0 Å². The van der Waals surface area contributed by atoms with Crippen LogP contribution < -0.4 is 10.6 Å². The number of piperidine rings is 1. The summed E-state index contributed by atoms with van der Waals surface area (Å²) < 4.78 is 26.8. The van der Waals surface area contributed by atoms with E-state index in [0.717, 1.165) is 6.07 Å². The molecule has 1 saturated heterocycles. The lowest BCUT2D eigenvalue weighted by Crippen LogP contribution is -2.46. The summed E-state index contributed by atoms with van der Waals surface area (Å²) in [5.41, 5.74) is 5.18. The van der Waals surface area contributed by atoms with Crippen LogP contribution in [0, 0.1) is 27.7 Å². The molecular formula is C12H15F2N3O2. The summed E-state index contributed by atoms with van der Waals surface area (Å²) in [6, 6.07) is 1.54. The molecule has 1 fully saturated rings. The molecule has 7 heteroatoms. The van der Waals surface area contributed by atoms with Crippen molar-refractivity contribution < 1.29 is 13.7 Å². The number of anilines is 1. The molecule has 1 aliphatic heterocycles. The Hall–Kier alpha value is -1.76. The standard InChI is InChI=1S/C12H15F2N3O2/c1-7-6-16(3-2-10(7)15)11-5-8(13)4-9(14)12(11)17(18)19/h4-5,7,10H,2-3,6,15H2,1H3. The van der Waals surface area contributed by atoms with E-state index in [-0.39, 0.29) is 17.6 Å². The van der Waals surface area contributed by atoms with E-state index in [2.05, 4.69) is 0 Å². The molecule has 0 aliphatic carbocycles. The van der Waals surface area contributed by atoms with E-state index in [9.17, 15) is 18.9 Å². The Morgan fingerprint density at radius 3 is 2.74 bits per heavy atom. The summed E-state index contributed by atoms with van der Waals surface area (Å²) in [6.45, 7) is 2.82. The summed E-state index contributed by atoms with van der Waals surface area (Å²) >= 11 is 0. The van der Waals surface area contributed by atoms with Gasteiger partial charge in [-0.15, -0.1) is 0 Å². The van der Waals surface area contributed by atoms with Crippen molar-refractivity contribution in [3.8, 4) is 0 Å². The van der Waals surface area contributed by atoms with Crippen LogP contribution in [0.4, 0.5) is 20.2 Å². The van der Waals surface area contributed by atoms with Crippen LogP contribution in [0.1, 0.15) is 13.3 Å². The predicted octanol–water partition coefficient (Wildman–Crippen LogP) is 2.05. The van der Waals surface area contributed by atoms with Crippen LogP contribution in [0.2, 0.25) is 0 Å². The lowest BCUT2D eigenvalue weighted by molar-refractivity contribution is -0.386. The Balaban J connectivity index is 2.41. The fourth-order valence-electron chi connectivity index (χ4n) is 2.36. The van der Waals surface area contributed by atoms with Crippen LogP contribution in [0.5, 0.6) is 0 Å². The van der Waals surface area contributed by atoms with Crippen molar-refractivity contribution in [2.75, 3.05) is 18.0 Å². The van der Waals surface area contributed by atoms with Gasteiger partial charge < -0.3 is 10.6 Å². The first-order valence-electron chi connectivity index (χ1n) is 6.04. The number of hydrogen-bond donors (Lipinski definition) is 1. The number of nitro groups is 1. The van der Waals surface area contributed by atoms with Crippen LogP contribution in [0.3, 0.4) is 0 Å². The normalized spacial score (nSPS) is 23.5. The van der Waals surface area contributed by atoms with Crippen LogP contribution in [0.25, 0.3) is 0 Å². The molecule has 1 heterocycles. The largest absolute Gasteiger partial charge is 0.365 e. The highest BCUT2D eigenvalue weighted by Crippen LogP contribution is 2.34. The Bertz CT molecular complexity index is 510. The fourth-order valence-corrected chi connectivity index (χ4v) is 2.36. The monoisotopic (exact) mass is 271 g/mol. The Kier molecular flexibility index (Phi) is 3.66. The van der Waals surface area contributed by atoms with E-state index in [0.29, 0.717) is 25.6 Å². The molecule has 2 rings (SSSR count). The number of rotatable bonds is 2. The zero-order valence-electron chi connectivity index (χ0n) is 10.5. The highest BCUT2D eigenvalue weighted by Gasteiger charge is 2.30. The van der Waals surface area contributed by atoms with E-state index < -0.39 is 22.2 Å². The number of hydrogen-bond acceptors (Lipinski definition) is 4. The third kappa shape index (κ3) is 2.65. The molecule has 0 radical (unpaired) electrons. The van der Waals surface area contributed by atoms with E-state index in [1.165, 1.54) is 0 Å². The summed E-state index contributed by atoms with van der Waals surface area (Å²) in [4.78, 5) is 11.7. The lowest BCUT2D eigenvalue weighted by Gasteiger charge is -2.36. The van der Waals surface area contributed by atoms with E-state index in [1.807, 2.05) is 6.92 Å². The Morgan fingerprint density at radius 1 is 1.47 bits per heavy atom. The van der Waals surface area contributed by atoms with Gasteiger partial charge in [0.2, 0.25) is 5.82 Å². The molecule has 1 aromatic carbocycles. The maximum atomic E-state index is 13.6.